The number of hydrogen-bond donors (Lipinski definition) is 2. The Labute approximate surface area is 120 Å². The molecule has 20 heavy (non-hydrogen) atoms. The standard InChI is InChI=1S/C14H14N2O3S/c1-8-7-15-13(20-8)9(2)16-12(17)10-4-3-5-11(6-10)14(18)19/h3-7,9H,1-2H3,(H,16,17)(H,18,19). The monoisotopic (exact) mass is 290 g/mol. The summed E-state index contributed by atoms with van der Waals surface area (Å²) in [7, 11) is 0. The summed E-state index contributed by atoms with van der Waals surface area (Å²) in [6, 6.07) is 5.73. The van der Waals surface area contributed by atoms with E-state index in [4.69, 9.17) is 5.11 Å². The lowest BCUT2D eigenvalue weighted by molar-refractivity contribution is 0.0697. The number of thiazole rings is 1. The summed E-state index contributed by atoms with van der Waals surface area (Å²) in [6.45, 7) is 3.79. The number of carbonyl (C=O) groups excluding carboxylic acids is 1. The quantitative estimate of drug-likeness (QED) is 0.907. The number of carboxylic acid groups (broad SMARTS) is 1. The van der Waals surface area contributed by atoms with E-state index in [2.05, 4.69) is 10.3 Å². The average Bonchev–Trinajstić information content (AvgIpc) is 2.85. The van der Waals surface area contributed by atoms with Crippen molar-refractivity contribution in [3.05, 3.63) is 51.5 Å². The lowest BCUT2D eigenvalue weighted by Gasteiger charge is -2.11. The molecule has 1 heterocycles. The molecular formula is C14H14N2O3S. The van der Waals surface area contributed by atoms with Gasteiger partial charge in [0.2, 0.25) is 0 Å². The summed E-state index contributed by atoms with van der Waals surface area (Å²) in [5, 5.41) is 12.5. The first-order chi connectivity index (χ1) is 9.47. The van der Waals surface area contributed by atoms with Gasteiger partial charge in [-0.1, -0.05) is 6.07 Å². The first-order valence-electron chi connectivity index (χ1n) is 6.04. The van der Waals surface area contributed by atoms with E-state index in [1.54, 1.807) is 18.3 Å². The largest absolute Gasteiger partial charge is 0.478 e. The van der Waals surface area contributed by atoms with Crippen molar-refractivity contribution in [3.8, 4) is 0 Å². The Kier molecular flexibility index (Phi) is 4.14. The number of carboxylic acids is 1. The summed E-state index contributed by atoms with van der Waals surface area (Å²) in [6.07, 6.45) is 1.76. The topological polar surface area (TPSA) is 79.3 Å². The van der Waals surface area contributed by atoms with Crippen LogP contribution in [-0.2, 0) is 0 Å². The minimum atomic E-state index is -1.05. The van der Waals surface area contributed by atoms with E-state index < -0.39 is 5.97 Å². The highest BCUT2D eigenvalue weighted by molar-refractivity contribution is 7.11. The summed E-state index contributed by atoms with van der Waals surface area (Å²) in [5.74, 6) is -1.36. The van der Waals surface area contributed by atoms with E-state index in [1.807, 2.05) is 13.8 Å². The SMILES string of the molecule is Cc1cnc(C(C)NC(=O)c2cccc(C(=O)O)c2)s1. The smallest absolute Gasteiger partial charge is 0.335 e. The first kappa shape index (κ1) is 14.2. The maximum atomic E-state index is 12.1. The molecule has 0 aliphatic heterocycles. The van der Waals surface area contributed by atoms with Gasteiger partial charge in [-0.05, 0) is 32.0 Å². The minimum absolute atomic E-state index is 0.0930. The van der Waals surface area contributed by atoms with Crippen LogP contribution in [0.25, 0.3) is 0 Å². The van der Waals surface area contributed by atoms with Crippen LogP contribution in [0.1, 0.15) is 43.6 Å². The van der Waals surface area contributed by atoms with Gasteiger partial charge in [0.1, 0.15) is 5.01 Å². The summed E-state index contributed by atoms with van der Waals surface area (Å²) < 4.78 is 0. The Hall–Kier alpha value is -2.21. The van der Waals surface area contributed by atoms with Crippen LogP contribution in [0, 0.1) is 6.92 Å². The highest BCUT2D eigenvalue weighted by atomic mass is 32.1. The molecule has 0 spiro atoms. The number of rotatable bonds is 4. The molecule has 0 aliphatic carbocycles. The molecule has 2 N–H and O–H groups in total. The molecule has 0 bridgehead atoms. The number of benzene rings is 1. The number of amides is 1. The zero-order valence-corrected chi connectivity index (χ0v) is 11.9. The fourth-order valence-electron chi connectivity index (χ4n) is 1.71. The molecule has 1 amide bonds. The van der Waals surface area contributed by atoms with Crippen LogP contribution >= 0.6 is 11.3 Å². The number of hydrogen-bond acceptors (Lipinski definition) is 4. The molecule has 0 aliphatic rings. The molecule has 1 aromatic heterocycles. The number of carbonyl (C=O) groups is 2. The van der Waals surface area contributed by atoms with E-state index in [1.165, 1.54) is 23.5 Å². The number of nitrogens with zero attached hydrogens (tertiary/aromatic N) is 1. The second-order valence-electron chi connectivity index (χ2n) is 4.39. The predicted molar refractivity (Wildman–Crippen MR) is 76.1 cm³/mol. The zero-order valence-electron chi connectivity index (χ0n) is 11.1. The second-order valence-corrected chi connectivity index (χ2v) is 5.66. The maximum absolute atomic E-state index is 12.1. The van der Waals surface area contributed by atoms with E-state index in [0.29, 0.717) is 5.56 Å². The molecule has 0 radical (unpaired) electrons. The molecule has 1 unspecified atom stereocenters. The normalized spacial score (nSPS) is 11.9. The zero-order chi connectivity index (χ0) is 14.7. The summed E-state index contributed by atoms with van der Waals surface area (Å²) in [5.41, 5.74) is 0.417. The Morgan fingerprint density at radius 3 is 2.65 bits per heavy atom. The van der Waals surface area contributed by atoms with Gasteiger partial charge in [-0.2, -0.15) is 0 Å². The highest BCUT2D eigenvalue weighted by Gasteiger charge is 2.15. The van der Waals surface area contributed by atoms with Crippen molar-refractivity contribution in [2.75, 3.05) is 0 Å². The van der Waals surface area contributed by atoms with Crippen LogP contribution in [0.2, 0.25) is 0 Å². The van der Waals surface area contributed by atoms with E-state index in [9.17, 15) is 9.59 Å². The number of aromatic nitrogens is 1. The third kappa shape index (κ3) is 3.21. The van der Waals surface area contributed by atoms with Gasteiger partial charge in [0.05, 0.1) is 11.6 Å². The molecule has 0 saturated heterocycles. The predicted octanol–water partition coefficient (Wildman–Crippen LogP) is 2.64. The van der Waals surface area contributed by atoms with Crippen molar-refractivity contribution in [1.29, 1.82) is 0 Å². The summed E-state index contributed by atoms with van der Waals surface area (Å²) >= 11 is 1.52. The molecule has 104 valence electrons. The molecule has 2 aromatic rings. The van der Waals surface area contributed by atoms with Crippen molar-refractivity contribution in [2.24, 2.45) is 0 Å². The van der Waals surface area contributed by atoms with Crippen LogP contribution < -0.4 is 5.32 Å². The molecule has 2 rings (SSSR count). The Morgan fingerprint density at radius 2 is 2.05 bits per heavy atom. The maximum Gasteiger partial charge on any atom is 0.335 e. The Balaban J connectivity index is 2.12. The lowest BCUT2D eigenvalue weighted by atomic mass is 10.1. The first-order valence-corrected chi connectivity index (χ1v) is 6.85. The molecule has 6 heteroatoms. The van der Waals surface area contributed by atoms with Gasteiger partial charge < -0.3 is 10.4 Å². The number of aryl methyl sites for hydroxylation is 1. The third-order valence-corrected chi connectivity index (χ3v) is 3.82. The number of nitrogens with one attached hydrogen (secondary N) is 1. The number of aromatic carboxylic acids is 1. The third-order valence-electron chi connectivity index (χ3n) is 2.73. The molecule has 1 aromatic carbocycles. The lowest BCUT2D eigenvalue weighted by Crippen LogP contribution is -2.26. The minimum Gasteiger partial charge on any atom is -0.478 e. The van der Waals surface area contributed by atoms with Gasteiger partial charge in [-0.15, -0.1) is 11.3 Å². The molecule has 0 fully saturated rings. The average molecular weight is 290 g/mol. The Morgan fingerprint density at radius 1 is 1.35 bits per heavy atom. The van der Waals surface area contributed by atoms with Gasteiger partial charge in [0.25, 0.3) is 5.91 Å². The fraction of sp³-hybridized carbons (Fsp3) is 0.214. The van der Waals surface area contributed by atoms with Gasteiger partial charge in [0, 0.05) is 16.6 Å². The van der Waals surface area contributed by atoms with Crippen LogP contribution in [0.5, 0.6) is 0 Å². The van der Waals surface area contributed by atoms with Crippen molar-refractivity contribution in [2.45, 2.75) is 19.9 Å². The highest BCUT2D eigenvalue weighted by Crippen LogP contribution is 2.19. The van der Waals surface area contributed by atoms with Crippen LogP contribution in [-0.4, -0.2) is 22.0 Å². The van der Waals surface area contributed by atoms with Crippen molar-refractivity contribution in [3.63, 3.8) is 0 Å². The van der Waals surface area contributed by atoms with E-state index in [-0.39, 0.29) is 17.5 Å². The van der Waals surface area contributed by atoms with Gasteiger partial charge >= 0.3 is 5.97 Å². The molecular weight excluding hydrogens is 276 g/mol. The molecule has 1 atom stereocenters. The van der Waals surface area contributed by atoms with Gasteiger partial charge in [-0.25, -0.2) is 9.78 Å². The molecule has 0 saturated carbocycles. The van der Waals surface area contributed by atoms with Crippen LogP contribution in [0.15, 0.2) is 30.5 Å². The van der Waals surface area contributed by atoms with Crippen molar-refractivity contribution >= 4 is 23.2 Å². The van der Waals surface area contributed by atoms with Crippen LogP contribution in [0.4, 0.5) is 0 Å². The van der Waals surface area contributed by atoms with E-state index >= 15 is 0 Å². The van der Waals surface area contributed by atoms with Crippen molar-refractivity contribution < 1.29 is 14.7 Å². The van der Waals surface area contributed by atoms with Crippen molar-refractivity contribution in [1.82, 2.24) is 10.3 Å². The van der Waals surface area contributed by atoms with Gasteiger partial charge in [-0.3, -0.25) is 4.79 Å². The van der Waals surface area contributed by atoms with E-state index in [0.717, 1.165) is 9.88 Å². The Bertz CT molecular complexity index is 651. The fourth-order valence-corrected chi connectivity index (χ4v) is 2.48. The second kappa shape index (κ2) is 5.83. The molecule has 5 nitrogen and oxygen atoms in total. The summed E-state index contributed by atoms with van der Waals surface area (Å²) in [4.78, 5) is 28.3. The van der Waals surface area contributed by atoms with Gasteiger partial charge in [0.15, 0.2) is 0 Å². The van der Waals surface area contributed by atoms with Crippen LogP contribution in [0.3, 0.4) is 0 Å².